The lowest BCUT2D eigenvalue weighted by atomic mass is 9.98. The van der Waals surface area contributed by atoms with Gasteiger partial charge in [-0.3, -0.25) is 10.1 Å². The molecular formula is C13H17N3O2. The molecule has 0 spiro atoms. The van der Waals surface area contributed by atoms with Crippen molar-refractivity contribution in [3.05, 3.63) is 34.4 Å². The van der Waals surface area contributed by atoms with Crippen molar-refractivity contribution >= 4 is 11.4 Å². The van der Waals surface area contributed by atoms with Gasteiger partial charge in [-0.05, 0) is 30.7 Å². The molecule has 0 bridgehead atoms. The number of fused-ring (bicyclic) bond motifs is 1. The van der Waals surface area contributed by atoms with Crippen LogP contribution in [0.4, 0.5) is 11.4 Å². The van der Waals surface area contributed by atoms with Gasteiger partial charge >= 0.3 is 0 Å². The third kappa shape index (κ3) is 1.75. The number of para-hydroxylation sites is 2. The van der Waals surface area contributed by atoms with Crippen molar-refractivity contribution in [3.63, 3.8) is 0 Å². The maximum Gasteiger partial charge on any atom is 0.292 e. The number of rotatable bonds is 2. The summed E-state index contributed by atoms with van der Waals surface area (Å²) in [6.07, 6.45) is 2.25. The third-order valence-electron chi connectivity index (χ3n) is 4.33. The van der Waals surface area contributed by atoms with E-state index in [9.17, 15) is 10.1 Å². The lowest BCUT2D eigenvalue weighted by molar-refractivity contribution is -0.384. The molecular weight excluding hydrogens is 230 g/mol. The largest absolute Gasteiger partial charge is 0.365 e. The molecule has 3 atom stereocenters. The zero-order chi connectivity index (χ0) is 12.7. The molecule has 0 radical (unpaired) electrons. The summed E-state index contributed by atoms with van der Waals surface area (Å²) in [4.78, 5) is 12.9. The van der Waals surface area contributed by atoms with Gasteiger partial charge in [0.05, 0.1) is 4.92 Å². The first-order valence-electron chi connectivity index (χ1n) is 6.41. The number of benzene rings is 1. The second-order valence-corrected chi connectivity index (χ2v) is 5.32. The Kier molecular flexibility index (Phi) is 2.70. The highest BCUT2D eigenvalue weighted by atomic mass is 16.6. The molecule has 3 rings (SSSR count). The van der Waals surface area contributed by atoms with Crippen LogP contribution in [0.2, 0.25) is 0 Å². The summed E-state index contributed by atoms with van der Waals surface area (Å²) < 4.78 is 0. The Morgan fingerprint density at radius 1 is 1.28 bits per heavy atom. The first kappa shape index (κ1) is 11.5. The molecule has 1 aromatic carbocycles. The summed E-state index contributed by atoms with van der Waals surface area (Å²) in [5, 5.41) is 11.0. The fourth-order valence-corrected chi connectivity index (χ4v) is 3.39. The second kappa shape index (κ2) is 4.24. The van der Waals surface area contributed by atoms with Crippen LogP contribution in [-0.4, -0.2) is 24.1 Å². The van der Waals surface area contributed by atoms with E-state index in [0.717, 1.165) is 31.6 Å². The van der Waals surface area contributed by atoms with Gasteiger partial charge in [-0.1, -0.05) is 12.1 Å². The van der Waals surface area contributed by atoms with Gasteiger partial charge in [0.25, 0.3) is 5.69 Å². The summed E-state index contributed by atoms with van der Waals surface area (Å²) in [5.74, 6) is 1.12. The van der Waals surface area contributed by atoms with Gasteiger partial charge in [0.15, 0.2) is 0 Å². The smallest absolute Gasteiger partial charge is 0.292 e. The van der Waals surface area contributed by atoms with Crippen LogP contribution in [0.5, 0.6) is 0 Å². The Balaban J connectivity index is 1.87. The van der Waals surface area contributed by atoms with Crippen LogP contribution < -0.4 is 10.6 Å². The normalized spacial score (nSPS) is 30.5. The molecule has 2 fully saturated rings. The monoisotopic (exact) mass is 247 g/mol. The van der Waals surface area contributed by atoms with Crippen molar-refractivity contribution in [1.29, 1.82) is 0 Å². The lowest BCUT2D eigenvalue weighted by Crippen LogP contribution is -2.30. The van der Waals surface area contributed by atoms with E-state index in [1.807, 2.05) is 12.1 Å². The van der Waals surface area contributed by atoms with Gasteiger partial charge in [0, 0.05) is 25.2 Å². The van der Waals surface area contributed by atoms with Crippen LogP contribution in [0.25, 0.3) is 0 Å². The number of anilines is 1. The van der Waals surface area contributed by atoms with E-state index in [1.165, 1.54) is 0 Å². The maximum absolute atomic E-state index is 11.0. The molecule has 2 aliphatic rings. The van der Waals surface area contributed by atoms with Gasteiger partial charge in [0.2, 0.25) is 0 Å². The molecule has 5 heteroatoms. The topological polar surface area (TPSA) is 72.4 Å². The van der Waals surface area contributed by atoms with E-state index < -0.39 is 0 Å². The molecule has 0 amide bonds. The van der Waals surface area contributed by atoms with Crippen molar-refractivity contribution in [2.24, 2.45) is 17.6 Å². The van der Waals surface area contributed by atoms with Crippen molar-refractivity contribution in [2.75, 3.05) is 18.0 Å². The highest BCUT2D eigenvalue weighted by Crippen LogP contribution is 2.41. The van der Waals surface area contributed by atoms with Crippen LogP contribution in [-0.2, 0) is 0 Å². The zero-order valence-corrected chi connectivity index (χ0v) is 10.2. The van der Waals surface area contributed by atoms with Crippen LogP contribution in [0, 0.1) is 22.0 Å². The summed E-state index contributed by atoms with van der Waals surface area (Å²) in [5.41, 5.74) is 7.04. The SMILES string of the molecule is NC1CCC2CN(c3ccccc3[N+](=O)[O-])CC12. The van der Waals surface area contributed by atoms with Crippen molar-refractivity contribution < 1.29 is 4.92 Å². The van der Waals surface area contributed by atoms with Crippen LogP contribution in [0.1, 0.15) is 12.8 Å². The van der Waals surface area contributed by atoms with E-state index in [-0.39, 0.29) is 16.7 Å². The fraction of sp³-hybridized carbons (Fsp3) is 0.538. The van der Waals surface area contributed by atoms with E-state index in [4.69, 9.17) is 5.73 Å². The molecule has 5 nitrogen and oxygen atoms in total. The summed E-state index contributed by atoms with van der Waals surface area (Å²) >= 11 is 0. The number of nitro groups is 1. The number of nitrogens with two attached hydrogens (primary N) is 1. The predicted octanol–water partition coefficient (Wildman–Crippen LogP) is 1.77. The van der Waals surface area contributed by atoms with Gasteiger partial charge in [-0.2, -0.15) is 0 Å². The number of nitro benzene ring substituents is 1. The minimum atomic E-state index is -0.302. The van der Waals surface area contributed by atoms with E-state index in [0.29, 0.717) is 11.8 Å². The fourth-order valence-electron chi connectivity index (χ4n) is 3.39. The molecule has 1 saturated carbocycles. The molecule has 1 saturated heterocycles. The highest BCUT2D eigenvalue weighted by Gasteiger charge is 2.42. The summed E-state index contributed by atoms with van der Waals surface area (Å²) in [6.45, 7) is 1.76. The molecule has 1 aliphatic carbocycles. The number of nitrogens with zero attached hydrogens (tertiary/aromatic N) is 2. The molecule has 1 aliphatic heterocycles. The summed E-state index contributed by atoms with van der Waals surface area (Å²) in [7, 11) is 0. The first-order chi connectivity index (χ1) is 8.66. The van der Waals surface area contributed by atoms with Gasteiger partial charge in [0.1, 0.15) is 5.69 Å². The van der Waals surface area contributed by atoms with E-state index in [2.05, 4.69) is 4.90 Å². The molecule has 96 valence electrons. The third-order valence-corrected chi connectivity index (χ3v) is 4.33. The summed E-state index contributed by atoms with van der Waals surface area (Å²) in [6, 6.07) is 7.25. The van der Waals surface area contributed by atoms with Crippen molar-refractivity contribution in [1.82, 2.24) is 0 Å². The number of hydrogen-bond donors (Lipinski definition) is 1. The average Bonchev–Trinajstić information content (AvgIpc) is 2.92. The molecule has 3 unspecified atom stereocenters. The molecule has 18 heavy (non-hydrogen) atoms. The molecule has 1 heterocycles. The zero-order valence-electron chi connectivity index (χ0n) is 10.2. The highest BCUT2D eigenvalue weighted by molar-refractivity contribution is 5.63. The Morgan fingerprint density at radius 2 is 2.06 bits per heavy atom. The minimum Gasteiger partial charge on any atom is -0.365 e. The van der Waals surface area contributed by atoms with Gasteiger partial charge in [-0.15, -0.1) is 0 Å². The van der Waals surface area contributed by atoms with Gasteiger partial charge in [-0.25, -0.2) is 0 Å². The average molecular weight is 247 g/mol. The van der Waals surface area contributed by atoms with Crippen molar-refractivity contribution in [2.45, 2.75) is 18.9 Å². The van der Waals surface area contributed by atoms with Crippen LogP contribution in [0.3, 0.4) is 0 Å². The lowest BCUT2D eigenvalue weighted by Gasteiger charge is -2.20. The van der Waals surface area contributed by atoms with Crippen molar-refractivity contribution in [3.8, 4) is 0 Å². The minimum absolute atomic E-state index is 0.200. The first-order valence-corrected chi connectivity index (χ1v) is 6.41. The Bertz CT molecular complexity index is 477. The van der Waals surface area contributed by atoms with E-state index in [1.54, 1.807) is 12.1 Å². The Hall–Kier alpha value is -1.62. The number of hydrogen-bond acceptors (Lipinski definition) is 4. The molecule has 0 aromatic heterocycles. The predicted molar refractivity (Wildman–Crippen MR) is 69.5 cm³/mol. The maximum atomic E-state index is 11.0. The van der Waals surface area contributed by atoms with Gasteiger partial charge < -0.3 is 10.6 Å². The Morgan fingerprint density at radius 3 is 2.78 bits per heavy atom. The van der Waals surface area contributed by atoms with E-state index >= 15 is 0 Å². The van der Waals surface area contributed by atoms with Crippen LogP contribution in [0.15, 0.2) is 24.3 Å². The molecule has 1 aromatic rings. The van der Waals surface area contributed by atoms with Crippen LogP contribution >= 0.6 is 0 Å². The Labute approximate surface area is 106 Å². The molecule has 2 N–H and O–H groups in total. The standard InChI is InChI=1S/C13H17N3O2/c14-11-6-5-9-7-15(8-10(9)11)12-3-1-2-4-13(12)16(17)18/h1-4,9-11H,5-8,14H2. The quantitative estimate of drug-likeness (QED) is 0.638. The second-order valence-electron chi connectivity index (χ2n) is 5.32.